The van der Waals surface area contributed by atoms with Gasteiger partial charge in [0.15, 0.2) is 0 Å². The molecule has 1 fully saturated rings. The van der Waals surface area contributed by atoms with Crippen LogP contribution >= 0.6 is 0 Å². The fourth-order valence-corrected chi connectivity index (χ4v) is 5.42. The number of carbonyl (C=O) groups is 3. The molecule has 8 nitrogen and oxygen atoms in total. The van der Waals surface area contributed by atoms with Gasteiger partial charge >= 0.3 is 0 Å². The zero-order valence-corrected chi connectivity index (χ0v) is 23.1. The Morgan fingerprint density at radius 3 is 2.10 bits per heavy atom. The lowest BCUT2D eigenvalue weighted by molar-refractivity contribution is -0.148. The van der Waals surface area contributed by atoms with Crippen molar-refractivity contribution in [2.75, 3.05) is 14.1 Å². The second kappa shape index (κ2) is 13.6. The van der Waals surface area contributed by atoms with Crippen LogP contribution in [0.25, 0.3) is 0 Å². The van der Waals surface area contributed by atoms with Gasteiger partial charge in [-0.05, 0) is 60.6 Å². The van der Waals surface area contributed by atoms with E-state index in [-0.39, 0.29) is 36.2 Å². The van der Waals surface area contributed by atoms with Gasteiger partial charge in [0, 0.05) is 20.5 Å². The number of primary amides is 1. The number of hydrogen-bond donors (Lipinski definition) is 3. The Labute approximate surface area is 230 Å². The van der Waals surface area contributed by atoms with Gasteiger partial charge in [-0.2, -0.15) is 0 Å². The molecule has 3 amide bonds. The zero-order chi connectivity index (χ0) is 28.7. The maximum atomic E-state index is 13.9. The smallest absolute Gasteiger partial charge is 0.245 e. The van der Waals surface area contributed by atoms with Gasteiger partial charge in [0.2, 0.25) is 17.7 Å². The molecular formula is C30H41FN4O4. The number of aromatic hydroxyl groups is 1. The first-order valence-corrected chi connectivity index (χ1v) is 13.6. The molecule has 0 aromatic heterocycles. The fraction of sp³-hybridized carbons (Fsp3) is 0.500. The number of halogens is 1. The molecule has 0 bridgehead atoms. The predicted octanol–water partition coefficient (Wildman–Crippen LogP) is 3.06. The number of phenolic OH excluding ortho intramolecular Hbond substituents is 1. The predicted molar refractivity (Wildman–Crippen MR) is 148 cm³/mol. The van der Waals surface area contributed by atoms with Gasteiger partial charge in [-0.3, -0.25) is 14.4 Å². The molecule has 1 aliphatic carbocycles. The second-order valence-corrected chi connectivity index (χ2v) is 10.8. The SMILES string of the molecule is Cc1cc(C[C@@H](C(N)=O)N(C)C(=O)[C@@H](CC2CCCCC2)N(C)C(=O)[C@@H](N)Cc2ccc(F)cc2)ccc1O. The summed E-state index contributed by atoms with van der Waals surface area (Å²) < 4.78 is 13.3. The van der Waals surface area contributed by atoms with Crippen molar-refractivity contribution >= 4 is 17.7 Å². The Kier molecular flexibility index (Phi) is 10.5. The molecule has 3 rings (SSSR count). The molecule has 39 heavy (non-hydrogen) atoms. The molecule has 0 aliphatic heterocycles. The third kappa shape index (κ3) is 8.02. The minimum absolute atomic E-state index is 0.142. The molecular weight excluding hydrogens is 499 g/mol. The maximum absolute atomic E-state index is 13.9. The van der Waals surface area contributed by atoms with Gasteiger partial charge in [-0.15, -0.1) is 0 Å². The molecule has 9 heteroatoms. The quantitative estimate of drug-likeness (QED) is 0.403. The van der Waals surface area contributed by atoms with Crippen LogP contribution in [-0.2, 0) is 27.2 Å². The lowest BCUT2D eigenvalue weighted by Crippen LogP contribution is -2.57. The summed E-state index contributed by atoms with van der Waals surface area (Å²) in [5.74, 6) is -1.38. The molecule has 1 aliphatic rings. The molecule has 0 unspecified atom stereocenters. The highest BCUT2D eigenvalue weighted by molar-refractivity contribution is 5.92. The fourth-order valence-electron chi connectivity index (χ4n) is 5.42. The number of carbonyl (C=O) groups excluding carboxylic acids is 3. The van der Waals surface area contributed by atoms with E-state index in [0.29, 0.717) is 12.0 Å². The number of nitrogens with two attached hydrogens (primary N) is 2. The lowest BCUT2D eigenvalue weighted by Gasteiger charge is -2.37. The normalized spacial score (nSPS) is 16.2. The summed E-state index contributed by atoms with van der Waals surface area (Å²) in [7, 11) is 3.12. The first-order valence-electron chi connectivity index (χ1n) is 13.6. The number of hydrogen-bond acceptors (Lipinski definition) is 5. The number of phenols is 1. The van der Waals surface area contributed by atoms with Crippen molar-refractivity contribution in [3.63, 3.8) is 0 Å². The first kappa shape index (κ1) is 30.1. The first-order chi connectivity index (χ1) is 18.5. The van der Waals surface area contributed by atoms with Crippen molar-refractivity contribution in [3.8, 4) is 5.75 Å². The summed E-state index contributed by atoms with van der Waals surface area (Å²) in [6.07, 6.45) is 6.11. The van der Waals surface area contributed by atoms with E-state index in [1.54, 1.807) is 44.3 Å². The van der Waals surface area contributed by atoms with Gasteiger partial charge in [0.25, 0.3) is 0 Å². The van der Waals surface area contributed by atoms with E-state index in [1.807, 2.05) is 0 Å². The number of benzene rings is 2. The number of amides is 3. The van der Waals surface area contributed by atoms with Crippen LogP contribution in [0.3, 0.4) is 0 Å². The molecule has 0 spiro atoms. The van der Waals surface area contributed by atoms with Crippen LogP contribution in [0, 0.1) is 18.7 Å². The van der Waals surface area contributed by atoms with Gasteiger partial charge in [0.05, 0.1) is 6.04 Å². The molecule has 1 saturated carbocycles. The van der Waals surface area contributed by atoms with Crippen LogP contribution in [-0.4, -0.2) is 64.8 Å². The minimum atomic E-state index is -0.938. The Morgan fingerprint density at radius 1 is 0.923 bits per heavy atom. The van der Waals surface area contributed by atoms with Crippen LogP contribution in [0.4, 0.5) is 4.39 Å². The summed E-state index contributed by atoms with van der Waals surface area (Å²) in [5, 5.41) is 9.86. The Bertz CT molecular complexity index is 1150. The minimum Gasteiger partial charge on any atom is -0.508 e. The van der Waals surface area contributed by atoms with Crippen LogP contribution in [0.5, 0.6) is 5.75 Å². The third-order valence-electron chi connectivity index (χ3n) is 7.90. The van der Waals surface area contributed by atoms with Crippen LogP contribution in [0.15, 0.2) is 42.5 Å². The topological polar surface area (TPSA) is 130 Å². The van der Waals surface area contributed by atoms with E-state index < -0.39 is 29.9 Å². The maximum Gasteiger partial charge on any atom is 0.245 e. The van der Waals surface area contributed by atoms with Crippen molar-refractivity contribution in [3.05, 3.63) is 65.0 Å². The lowest BCUT2D eigenvalue weighted by atomic mass is 9.84. The van der Waals surface area contributed by atoms with Gasteiger partial charge in [-0.1, -0.05) is 56.4 Å². The molecule has 2 aromatic carbocycles. The summed E-state index contributed by atoms with van der Waals surface area (Å²) in [6, 6.07) is 8.14. The number of nitrogens with zero attached hydrogens (tertiary/aromatic N) is 2. The summed E-state index contributed by atoms with van der Waals surface area (Å²) in [6.45, 7) is 1.75. The molecule has 212 valence electrons. The molecule has 5 N–H and O–H groups in total. The summed E-state index contributed by atoms with van der Waals surface area (Å²) in [5.41, 5.74) is 14.1. The van der Waals surface area contributed by atoms with Crippen molar-refractivity contribution in [1.82, 2.24) is 9.80 Å². The van der Waals surface area contributed by atoms with Crippen molar-refractivity contribution in [1.29, 1.82) is 0 Å². The highest BCUT2D eigenvalue weighted by Gasteiger charge is 2.37. The van der Waals surface area contributed by atoms with E-state index >= 15 is 0 Å². The standard InChI is InChI=1S/C30H41FN4O4/c1-19-15-22(11-14-27(19)36)18-25(28(33)37)34(2)30(39)26(17-20-7-5-4-6-8-20)35(3)29(38)24(32)16-21-9-12-23(31)13-10-21/h9-15,20,24-26,36H,4-8,16-18,32H2,1-3H3,(H2,33,37)/t24-,25-,26+/m0/s1. The number of aryl methyl sites for hydroxylation is 1. The van der Waals surface area contributed by atoms with Crippen LogP contribution in [0.1, 0.15) is 55.2 Å². The van der Waals surface area contributed by atoms with Crippen molar-refractivity contribution in [2.24, 2.45) is 17.4 Å². The van der Waals surface area contributed by atoms with E-state index in [9.17, 15) is 23.9 Å². The summed E-state index contributed by atoms with van der Waals surface area (Å²) >= 11 is 0. The van der Waals surface area contributed by atoms with Crippen LogP contribution in [0.2, 0.25) is 0 Å². The van der Waals surface area contributed by atoms with Crippen LogP contribution < -0.4 is 11.5 Å². The highest BCUT2D eigenvalue weighted by Crippen LogP contribution is 2.29. The molecule has 2 aromatic rings. The van der Waals surface area contributed by atoms with E-state index in [2.05, 4.69) is 0 Å². The zero-order valence-electron chi connectivity index (χ0n) is 23.1. The molecule has 3 atom stereocenters. The molecule has 0 radical (unpaired) electrons. The average Bonchev–Trinajstić information content (AvgIpc) is 2.92. The monoisotopic (exact) mass is 540 g/mol. The van der Waals surface area contributed by atoms with E-state index in [4.69, 9.17) is 11.5 Å². The second-order valence-electron chi connectivity index (χ2n) is 10.8. The largest absolute Gasteiger partial charge is 0.508 e. The van der Waals surface area contributed by atoms with E-state index in [0.717, 1.165) is 43.2 Å². The Hall–Kier alpha value is -3.46. The van der Waals surface area contributed by atoms with Gasteiger partial charge in [0.1, 0.15) is 23.7 Å². The average molecular weight is 541 g/mol. The third-order valence-corrected chi connectivity index (χ3v) is 7.90. The van der Waals surface area contributed by atoms with E-state index in [1.165, 1.54) is 29.0 Å². The van der Waals surface area contributed by atoms with Crippen molar-refractivity contribution in [2.45, 2.75) is 76.4 Å². The Balaban J connectivity index is 1.82. The highest BCUT2D eigenvalue weighted by atomic mass is 19.1. The summed E-state index contributed by atoms with van der Waals surface area (Å²) in [4.78, 5) is 42.6. The number of rotatable bonds is 11. The van der Waals surface area contributed by atoms with Crippen molar-refractivity contribution < 1.29 is 23.9 Å². The number of likely N-dealkylation sites (N-methyl/N-ethyl adjacent to an activating group) is 2. The molecule has 0 saturated heterocycles. The Morgan fingerprint density at radius 2 is 1.51 bits per heavy atom. The van der Waals surface area contributed by atoms with Gasteiger partial charge in [-0.25, -0.2) is 4.39 Å². The van der Waals surface area contributed by atoms with Gasteiger partial charge < -0.3 is 26.4 Å². The molecule has 0 heterocycles.